The molecule has 0 spiro atoms. The number of aliphatic carboxylic acids is 1. The van der Waals surface area contributed by atoms with Gasteiger partial charge in [-0.2, -0.15) is 0 Å². The fourth-order valence-corrected chi connectivity index (χ4v) is 5.33. The third-order valence-electron chi connectivity index (χ3n) is 6.01. The Hall–Kier alpha value is -1.30. The summed E-state index contributed by atoms with van der Waals surface area (Å²) in [5, 5.41) is 8.66. The number of hydrogen-bond acceptors (Lipinski definition) is 5. The zero-order valence-corrected chi connectivity index (χ0v) is 20.4. The van der Waals surface area contributed by atoms with E-state index in [-0.39, 0.29) is 23.9 Å². The zero-order valence-electron chi connectivity index (χ0n) is 19.5. The summed E-state index contributed by atoms with van der Waals surface area (Å²) in [6, 6.07) is 0. The number of thioether (sulfide) groups is 1. The van der Waals surface area contributed by atoms with Crippen LogP contribution in [0.3, 0.4) is 0 Å². The molecule has 5 nitrogen and oxygen atoms in total. The van der Waals surface area contributed by atoms with E-state index in [4.69, 9.17) is 9.84 Å². The molecule has 0 amide bonds. The quantitative estimate of drug-likeness (QED) is 0.157. The molecule has 0 radical (unpaired) electrons. The highest BCUT2D eigenvalue weighted by Crippen LogP contribution is 2.35. The fraction of sp³-hybridized carbons (Fsp3) is 0.800. The number of unbranched alkanes of at least 4 members (excludes halogenated alkanes) is 11. The Morgan fingerprint density at radius 2 is 1.61 bits per heavy atom. The Morgan fingerprint density at radius 1 is 1.03 bits per heavy atom. The van der Waals surface area contributed by atoms with Crippen molar-refractivity contribution in [2.45, 2.75) is 108 Å². The molecule has 1 aliphatic carbocycles. The van der Waals surface area contributed by atoms with Gasteiger partial charge in [0.15, 0.2) is 5.78 Å². The van der Waals surface area contributed by atoms with Crippen LogP contribution < -0.4 is 0 Å². The molecule has 0 aromatic rings. The first kappa shape index (κ1) is 27.7. The summed E-state index contributed by atoms with van der Waals surface area (Å²) >= 11 is 1.28. The van der Waals surface area contributed by atoms with Gasteiger partial charge in [-0.3, -0.25) is 14.4 Å². The molecule has 0 aromatic heterocycles. The number of methoxy groups -OCH3 is 1. The van der Waals surface area contributed by atoms with Gasteiger partial charge in [0.05, 0.1) is 24.5 Å². The first-order valence-electron chi connectivity index (χ1n) is 12.1. The third kappa shape index (κ3) is 12.4. The Morgan fingerprint density at radius 3 is 2.16 bits per heavy atom. The van der Waals surface area contributed by atoms with E-state index in [1.54, 1.807) is 0 Å². The highest BCUT2D eigenvalue weighted by molar-refractivity contribution is 8.01. The molecule has 0 aromatic carbocycles. The lowest BCUT2D eigenvalue weighted by atomic mass is 9.82. The summed E-state index contributed by atoms with van der Waals surface area (Å²) in [5.74, 6) is -1.69. The number of ketones is 1. The van der Waals surface area contributed by atoms with Crippen molar-refractivity contribution in [3.05, 3.63) is 11.6 Å². The fourth-order valence-electron chi connectivity index (χ4n) is 4.13. The standard InChI is InChI=1S/C25H42O5S/c1-3-4-5-6-7-8-9-10-11-12-13-14-15-20-16-17-21(18-22(26)27)24(29)25(20)31-19-23(28)30-2/h15,21,25H,3-14,16-19H2,1-2H3,(H,26,27)/b20-15+/t21-,25-/m1/s1. The van der Waals surface area contributed by atoms with Crippen LogP contribution in [-0.2, 0) is 19.1 Å². The highest BCUT2D eigenvalue weighted by atomic mass is 32.2. The number of rotatable bonds is 17. The largest absolute Gasteiger partial charge is 0.481 e. The van der Waals surface area contributed by atoms with Gasteiger partial charge in [0.2, 0.25) is 0 Å². The molecular weight excluding hydrogens is 412 g/mol. The van der Waals surface area contributed by atoms with E-state index in [0.29, 0.717) is 6.42 Å². The van der Waals surface area contributed by atoms with Crippen molar-refractivity contribution in [2.75, 3.05) is 12.9 Å². The van der Waals surface area contributed by atoms with Crippen LogP contribution in [0.1, 0.15) is 103 Å². The molecule has 1 saturated carbocycles. The van der Waals surface area contributed by atoms with Gasteiger partial charge in [-0.05, 0) is 25.7 Å². The monoisotopic (exact) mass is 454 g/mol. The minimum absolute atomic E-state index is 0.0484. The predicted molar refractivity (Wildman–Crippen MR) is 127 cm³/mol. The number of hydrogen-bond donors (Lipinski definition) is 1. The Labute approximate surface area is 192 Å². The van der Waals surface area contributed by atoms with Crippen LogP contribution in [0.4, 0.5) is 0 Å². The second-order valence-electron chi connectivity index (χ2n) is 8.61. The van der Waals surface area contributed by atoms with Gasteiger partial charge in [0.25, 0.3) is 0 Å². The first-order chi connectivity index (χ1) is 15.0. The van der Waals surface area contributed by atoms with Gasteiger partial charge in [-0.25, -0.2) is 0 Å². The Balaban J connectivity index is 2.35. The van der Waals surface area contributed by atoms with E-state index in [9.17, 15) is 14.4 Å². The van der Waals surface area contributed by atoms with Crippen LogP contribution in [-0.4, -0.2) is 40.9 Å². The molecule has 1 N–H and O–H groups in total. The molecular formula is C25H42O5S. The van der Waals surface area contributed by atoms with E-state index in [0.717, 1.165) is 24.8 Å². The maximum Gasteiger partial charge on any atom is 0.315 e. The number of esters is 1. The summed E-state index contributed by atoms with van der Waals surface area (Å²) in [7, 11) is 1.34. The van der Waals surface area contributed by atoms with Crippen LogP contribution in [0.15, 0.2) is 11.6 Å². The van der Waals surface area contributed by atoms with Gasteiger partial charge in [-0.1, -0.05) is 82.8 Å². The van der Waals surface area contributed by atoms with E-state index in [2.05, 4.69) is 13.0 Å². The predicted octanol–water partition coefficient (Wildman–Crippen LogP) is 6.34. The van der Waals surface area contributed by atoms with E-state index < -0.39 is 17.1 Å². The Kier molecular flexibility index (Phi) is 15.5. The number of carboxylic acids is 1. The highest BCUT2D eigenvalue weighted by Gasteiger charge is 2.36. The number of ether oxygens (including phenoxy) is 1. The van der Waals surface area contributed by atoms with Crippen molar-refractivity contribution in [3.63, 3.8) is 0 Å². The molecule has 0 saturated heterocycles. The van der Waals surface area contributed by atoms with Crippen molar-refractivity contribution in [2.24, 2.45) is 5.92 Å². The molecule has 2 atom stereocenters. The van der Waals surface area contributed by atoms with Crippen LogP contribution in [0.5, 0.6) is 0 Å². The topological polar surface area (TPSA) is 80.7 Å². The summed E-state index contributed by atoms with van der Waals surface area (Å²) in [5.41, 5.74) is 1.06. The van der Waals surface area contributed by atoms with Gasteiger partial charge < -0.3 is 9.84 Å². The zero-order chi connectivity index (χ0) is 22.9. The first-order valence-corrected chi connectivity index (χ1v) is 13.2. The van der Waals surface area contributed by atoms with E-state index >= 15 is 0 Å². The molecule has 0 heterocycles. The van der Waals surface area contributed by atoms with Gasteiger partial charge >= 0.3 is 11.9 Å². The summed E-state index contributed by atoms with van der Waals surface area (Å²) in [6.07, 6.45) is 18.7. The maximum absolute atomic E-state index is 12.8. The normalized spacial score (nSPS) is 20.2. The lowest BCUT2D eigenvalue weighted by Crippen LogP contribution is -2.34. The molecule has 31 heavy (non-hydrogen) atoms. The number of carbonyl (C=O) groups is 3. The lowest BCUT2D eigenvalue weighted by molar-refractivity contribution is -0.141. The summed E-state index contributed by atoms with van der Waals surface area (Å²) in [6.45, 7) is 2.25. The van der Waals surface area contributed by atoms with Gasteiger partial charge in [0, 0.05) is 5.92 Å². The molecule has 178 valence electrons. The number of carbonyl (C=O) groups excluding carboxylic acids is 2. The third-order valence-corrected chi connectivity index (χ3v) is 7.28. The van der Waals surface area contributed by atoms with Gasteiger partial charge in [0.1, 0.15) is 0 Å². The maximum atomic E-state index is 12.8. The van der Waals surface area contributed by atoms with Gasteiger partial charge in [-0.15, -0.1) is 11.8 Å². The number of Topliss-reactive ketones (excluding diaryl/α,β-unsaturated/α-hetero) is 1. The SMILES string of the molecule is CCCCCCCCCCCCC/C=C1\CC[C@H](CC(=O)O)C(=O)[C@@H]1SCC(=O)OC. The number of carboxylic acid groups (broad SMARTS) is 1. The second-order valence-corrected chi connectivity index (χ2v) is 9.70. The smallest absolute Gasteiger partial charge is 0.315 e. The van der Waals surface area contributed by atoms with Crippen molar-refractivity contribution < 1.29 is 24.2 Å². The summed E-state index contributed by atoms with van der Waals surface area (Å²) in [4.78, 5) is 35.4. The van der Waals surface area contributed by atoms with E-state index in [1.165, 1.54) is 83.1 Å². The molecule has 1 aliphatic rings. The van der Waals surface area contributed by atoms with Crippen molar-refractivity contribution in [1.29, 1.82) is 0 Å². The van der Waals surface area contributed by atoms with Crippen LogP contribution in [0.2, 0.25) is 0 Å². The van der Waals surface area contributed by atoms with Crippen molar-refractivity contribution in [1.82, 2.24) is 0 Å². The summed E-state index contributed by atoms with van der Waals surface area (Å²) < 4.78 is 4.70. The molecule has 6 heteroatoms. The van der Waals surface area contributed by atoms with Crippen LogP contribution >= 0.6 is 11.8 Å². The molecule has 0 bridgehead atoms. The van der Waals surface area contributed by atoms with Crippen molar-refractivity contribution >= 4 is 29.5 Å². The minimum Gasteiger partial charge on any atom is -0.481 e. The second kappa shape index (κ2) is 17.3. The minimum atomic E-state index is -0.941. The number of allylic oxidation sites excluding steroid dienone is 1. The van der Waals surface area contributed by atoms with Crippen LogP contribution in [0.25, 0.3) is 0 Å². The average Bonchev–Trinajstić information content (AvgIpc) is 2.75. The Bertz CT molecular complexity index is 572. The van der Waals surface area contributed by atoms with E-state index in [1.807, 2.05) is 0 Å². The molecule has 0 aliphatic heterocycles. The molecule has 0 unspecified atom stereocenters. The molecule has 1 rings (SSSR count). The molecule has 1 fully saturated rings. The van der Waals surface area contributed by atoms with Crippen molar-refractivity contribution in [3.8, 4) is 0 Å². The van der Waals surface area contributed by atoms with Crippen LogP contribution in [0, 0.1) is 5.92 Å². The average molecular weight is 455 g/mol. The lowest BCUT2D eigenvalue weighted by Gasteiger charge is -2.29.